The Balaban J connectivity index is 1.37. The molecular weight excluding hydrogens is 444 g/mol. The quantitative estimate of drug-likeness (QED) is 0.253. The van der Waals surface area contributed by atoms with Crippen LogP contribution in [-0.4, -0.2) is 37.1 Å². The van der Waals surface area contributed by atoms with E-state index in [1.54, 1.807) is 36.4 Å². The Kier molecular flexibility index (Phi) is 9.13. The zero-order chi connectivity index (χ0) is 25.0. The summed E-state index contributed by atoms with van der Waals surface area (Å²) >= 11 is 0. The maximum absolute atomic E-state index is 12.0. The van der Waals surface area contributed by atoms with Crippen molar-refractivity contribution in [3.63, 3.8) is 0 Å². The van der Waals surface area contributed by atoms with E-state index >= 15 is 0 Å². The standard InChI is InChI=1S/C27H28N4O4/c1-19-8-11-23(16-20(19)2)30-26(33)27(34)31-29-17-22-9-12-24(13-10-22)35-18-25(32)28-15-14-21-6-4-3-5-7-21/h3-13,16-17H,14-15,18H2,1-2H3,(H,28,32)(H,30,33)(H,31,34)/b29-17-. The second-order valence-electron chi connectivity index (χ2n) is 7.90. The number of hydrazone groups is 1. The number of carbonyl (C=O) groups is 3. The van der Waals surface area contributed by atoms with Crippen molar-refractivity contribution < 1.29 is 19.1 Å². The van der Waals surface area contributed by atoms with Crippen LogP contribution in [0.2, 0.25) is 0 Å². The van der Waals surface area contributed by atoms with Gasteiger partial charge in [0.15, 0.2) is 6.61 Å². The summed E-state index contributed by atoms with van der Waals surface area (Å²) in [6.07, 6.45) is 2.16. The maximum Gasteiger partial charge on any atom is 0.329 e. The Morgan fingerprint density at radius 2 is 1.63 bits per heavy atom. The van der Waals surface area contributed by atoms with Crippen molar-refractivity contribution in [2.75, 3.05) is 18.5 Å². The molecule has 0 aliphatic rings. The van der Waals surface area contributed by atoms with Crippen LogP contribution in [0.3, 0.4) is 0 Å². The summed E-state index contributed by atoms with van der Waals surface area (Å²) in [6, 6.07) is 22.1. The van der Waals surface area contributed by atoms with Crippen LogP contribution in [0, 0.1) is 13.8 Å². The van der Waals surface area contributed by atoms with E-state index in [9.17, 15) is 14.4 Å². The molecule has 3 aromatic carbocycles. The molecule has 0 aromatic heterocycles. The van der Waals surface area contributed by atoms with Gasteiger partial charge in [0, 0.05) is 12.2 Å². The predicted octanol–water partition coefficient (Wildman–Crippen LogP) is 3.13. The number of anilines is 1. The lowest BCUT2D eigenvalue weighted by molar-refractivity contribution is -0.136. The minimum absolute atomic E-state index is 0.0894. The minimum Gasteiger partial charge on any atom is -0.484 e. The van der Waals surface area contributed by atoms with Gasteiger partial charge in [0.05, 0.1) is 6.21 Å². The molecule has 180 valence electrons. The molecule has 35 heavy (non-hydrogen) atoms. The highest BCUT2D eigenvalue weighted by Gasteiger charge is 2.13. The minimum atomic E-state index is -0.877. The molecular formula is C27H28N4O4. The molecule has 0 aliphatic carbocycles. The Hall–Kier alpha value is -4.46. The summed E-state index contributed by atoms with van der Waals surface area (Å²) in [5.74, 6) is -1.36. The molecule has 0 unspecified atom stereocenters. The van der Waals surface area contributed by atoms with Crippen LogP contribution in [-0.2, 0) is 20.8 Å². The first-order chi connectivity index (χ1) is 16.9. The molecule has 0 aliphatic heterocycles. The molecule has 3 aromatic rings. The number of rotatable bonds is 9. The first-order valence-electron chi connectivity index (χ1n) is 11.2. The molecule has 0 fully saturated rings. The molecule has 3 rings (SSSR count). The van der Waals surface area contributed by atoms with Crippen molar-refractivity contribution in [2.45, 2.75) is 20.3 Å². The van der Waals surface area contributed by atoms with E-state index in [4.69, 9.17) is 4.74 Å². The van der Waals surface area contributed by atoms with Crippen molar-refractivity contribution in [1.82, 2.24) is 10.7 Å². The Morgan fingerprint density at radius 3 is 2.34 bits per heavy atom. The molecule has 0 spiro atoms. The number of ether oxygens (including phenoxy) is 1. The van der Waals surface area contributed by atoms with Crippen LogP contribution < -0.4 is 20.8 Å². The Bertz CT molecular complexity index is 1190. The molecule has 0 radical (unpaired) electrons. The van der Waals surface area contributed by atoms with E-state index in [2.05, 4.69) is 21.2 Å². The molecule has 0 bridgehead atoms. The molecule has 0 atom stereocenters. The van der Waals surface area contributed by atoms with Crippen LogP contribution in [0.5, 0.6) is 5.75 Å². The lowest BCUT2D eigenvalue weighted by Gasteiger charge is -2.08. The molecule has 3 N–H and O–H groups in total. The fourth-order valence-corrected chi connectivity index (χ4v) is 3.06. The summed E-state index contributed by atoms with van der Waals surface area (Å²) in [5, 5.41) is 9.17. The Labute approximate surface area is 204 Å². The highest BCUT2D eigenvalue weighted by molar-refractivity contribution is 6.39. The van der Waals surface area contributed by atoms with Gasteiger partial charge in [-0.3, -0.25) is 14.4 Å². The number of hydrogen-bond donors (Lipinski definition) is 3. The van der Waals surface area contributed by atoms with E-state index in [-0.39, 0.29) is 12.5 Å². The monoisotopic (exact) mass is 472 g/mol. The van der Waals surface area contributed by atoms with Gasteiger partial charge < -0.3 is 15.4 Å². The summed E-state index contributed by atoms with van der Waals surface area (Å²) in [4.78, 5) is 35.9. The molecule has 8 nitrogen and oxygen atoms in total. The van der Waals surface area contributed by atoms with Crippen LogP contribution in [0.15, 0.2) is 77.9 Å². The number of nitrogens with one attached hydrogen (secondary N) is 3. The third-order valence-electron chi connectivity index (χ3n) is 5.18. The van der Waals surface area contributed by atoms with Gasteiger partial charge in [0.2, 0.25) is 0 Å². The van der Waals surface area contributed by atoms with Crippen LogP contribution >= 0.6 is 0 Å². The van der Waals surface area contributed by atoms with Crippen molar-refractivity contribution in [3.05, 3.63) is 95.1 Å². The smallest absolute Gasteiger partial charge is 0.329 e. The first kappa shape index (κ1) is 25.2. The molecule has 8 heteroatoms. The van der Waals surface area contributed by atoms with Gasteiger partial charge in [-0.1, -0.05) is 36.4 Å². The summed E-state index contributed by atoms with van der Waals surface area (Å²) in [6.45, 7) is 4.34. The van der Waals surface area contributed by atoms with E-state index in [0.717, 1.165) is 23.1 Å². The van der Waals surface area contributed by atoms with E-state index in [0.29, 0.717) is 23.5 Å². The number of amides is 3. The van der Waals surface area contributed by atoms with Gasteiger partial charge in [-0.05, 0) is 78.9 Å². The number of benzene rings is 3. The average molecular weight is 473 g/mol. The SMILES string of the molecule is Cc1ccc(NC(=O)C(=O)N/N=C\c2ccc(OCC(=O)NCCc3ccccc3)cc2)cc1C. The highest BCUT2D eigenvalue weighted by Crippen LogP contribution is 2.14. The normalized spacial score (nSPS) is 10.6. The lowest BCUT2D eigenvalue weighted by Crippen LogP contribution is -2.32. The maximum atomic E-state index is 12.0. The zero-order valence-electron chi connectivity index (χ0n) is 19.7. The first-order valence-corrected chi connectivity index (χ1v) is 11.2. The van der Waals surface area contributed by atoms with E-state index in [1.807, 2.05) is 50.2 Å². The second kappa shape index (κ2) is 12.7. The highest BCUT2D eigenvalue weighted by atomic mass is 16.5. The average Bonchev–Trinajstić information content (AvgIpc) is 2.86. The topological polar surface area (TPSA) is 109 Å². The Morgan fingerprint density at radius 1 is 0.886 bits per heavy atom. The summed E-state index contributed by atoms with van der Waals surface area (Å²) in [5.41, 5.74) is 6.68. The van der Waals surface area contributed by atoms with Gasteiger partial charge in [0.1, 0.15) is 5.75 Å². The van der Waals surface area contributed by atoms with Gasteiger partial charge in [-0.2, -0.15) is 5.10 Å². The number of hydrogen-bond acceptors (Lipinski definition) is 5. The lowest BCUT2D eigenvalue weighted by atomic mass is 10.1. The van der Waals surface area contributed by atoms with Crippen molar-refractivity contribution in [1.29, 1.82) is 0 Å². The van der Waals surface area contributed by atoms with Gasteiger partial charge in [-0.15, -0.1) is 0 Å². The fourth-order valence-electron chi connectivity index (χ4n) is 3.06. The largest absolute Gasteiger partial charge is 0.484 e. The van der Waals surface area contributed by atoms with Crippen LogP contribution in [0.25, 0.3) is 0 Å². The number of nitrogens with zero attached hydrogens (tertiary/aromatic N) is 1. The molecule has 0 saturated carbocycles. The van der Waals surface area contributed by atoms with Crippen LogP contribution in [0.1, 0.15) is 22.3 Å². The second-order valence-corrected chi connectivity index (χ2v) is 7.90. The molecule has 0 saturated heterocycles. The molecule has 0 heterocycles. The van der Waals surface area contributed by atoms with E-state index in [1.165, 1.54) is 6.21 Å². The van der Waals surface area contributed by atoms with E-state index < -0.39 is 11.8 Å². The van der Waals surface area contributed by atoms with Gasteiger partial charge >= 0.3 is 11.8 Å². The van der Waals surface area contributed by atoms with Crippen molar-refractivity contribution in [2.24, 2.45) is 5.10 Å². The van der Waals surface area contributed by atoms with Gasteiger partial charge in [0.25, 0.3) is 5.91 Å². The zero-order valence-corrected chi connectivity index (χ0v) is 19.7. The molecule has 3 amide bonds. The third kappa shape index (κ3) is 8.43. The fraction of sp³-hybridized carbons (Fsp3) is 0.185. The number of carbonyl (C=O) groups excluding carboxylic acids is 3. The third-order valence-corrected chi connectivity index (χ3v) is 5.18. The number of aryl methyl sites for hydroxylation is 2. The van der Waals surface area contributed by atoms with Crippen LogP contribution in [0.4, 0.5) is 5.69 Å². The predicted molar refractivity (Wildman–Crippen MR) is 135 cm³/mol. The van der Waals surface area contributed by atoms with Crippen molar-refractivity contribution in [3.8, 4) is 5.75 Å². The summed E-state index contributed by atoms with van der Waals surface area (Å²) < 4.78 is 5.49. The van der Waals surface area contributed by atoms with Gasteiger partial charge in [-0.25, -0.2) is 5.43 Å². The van der Waals surface area contributed by atoms with Crippen molar-refractivity contribution >= 4 is 29.6 Å². The summed E-state index contributed by atoms with van der Waals surface area (Å²) in [7, 11) is 0.